The largest absolute Gasteiger partial charge is 0.462 e. The summed E-state index contributed by atoms with van der Waals surface area (Å²) in [4.78, 5) is 15.4. The van der Waals surface area contributed by atoms with Crippen molar-refractivity contribution >= 4 is 45.1 Å². The van der Waals surface area contributed by atoms with E-state index in [1.54, 1.807) is 13.0 Å². The lowest BCUT2D eigenvalue weighted by Crippen LogP contribution is -2.34. The molecule has 170 valence electrons. The molecule has 1 saturated heterocycles. The third-order valence-electron chi connectivity index (χ3n) is 6.19. The van der Waals surface area contributed by atoms with E-state index in [0.29, 0.717) is 27.6 Å². The Morgan fingerprint density at radius 2 is 2.03 bits per heavy atom. The average Bonchev–Trinajstić information content (AvgIpc) is 3.42. The molecule has 5 rings (SSSR count). The van der Waals surface area contributed by atoms with Crippen molar-refractivity contribution in [1.29, 1.82) is 0 Å². The lowest BCUT2D eigenvalue weighted by atomic mass is 10.00. The number of thiophene rings is 1. The lowest BCUT2D eigenvalue weighted by Gasteiger charge is -2.31. The van der Waals surface area contributed by atoms with Crippen molar-refractivity contribution in [2.75, 3.05) is 24.6 Å². The van der Waals surface area contributed by atoms with Gasteiger partial charge in [-0.25, -0.2) is 9.18 Å². The number of nitrogens with zero attached hydrogens (tertiary/aromatic N) is 4. The Hall–Kier alpha value is -2.13. The summed E-state index contributed by atoms with van der Waals surface area (Å²) >= 11 is 2.82. The Labute approximate surface area is 195 Å². The van der Waals surface area contributed by atoms with Crippen LogP contribution in [0.2, 0.25) is 0 Å². The normalized spacial score (nSPS) is 17.3. The molecule has 1 aliphatic carbocycles. The predicted molar refractivity (Wildman–Crippen MR) is 126 cm³/mol. The van der Waals surface area contributed by atoms with Gasteiger partial charge in [-0.2, -0.15) is 0 Å². The van der Waals surface area contributed by atoms with Gasteiger partial charge in [0.25, 0.3) is 0 Å². The first-order chi connectivity index (χ1) is 15.6. The summed E-state index contributed by atoms with van der Waals surface area (Å²) < 4.78 is 23.0. The minimum atomic E-state index is -0.393. The molecule has 0 bridgehead atoms. The summed E-state index contributed by atoms with van der Waals surface area (Å²) in [5.74, 6) is 1.44. The standard InChI is InChI=1S/C23H27FN4O2S2/c1-3-30-21(29)20-16(19-17(24)5-4-6-18(19)32-20)13-31-23-26-25-22(28(23)15-7-8-15)27-11-9-14(2)10-12-27/h4-6,14-15H,3,7-13H2,1-2H3. The molecule has 6 nitrogen and oxygen atoms in total. The number of carbonyl (C=O) groups excluding carboxylic acids is 1. The fourth-order valence-corrected chi connectivity index (χ4v) is 6.50. The lowest BCUT2D eigenvalue weighted by molar-refractivity contribution is 0.0531. The molecule has 9 heteroatoms. The van der Waals surface area contributed by atoms with E-state index in [1.807, 2.05) is 6.07 Å². The first-order valence-corrected chi connectivity index (χ1v) is 13.1. The highest BCUT2D eigenvalue weighted by Gasteiger charge is 2.33. The Bertz CT molecular complexity index is 1130. The summed E-state index contributed by atoms with van der Waals surface area (Å²) in [5, 5.41) is 10.4. The smallest absolute Gasteiger partial charge is 0.348 e. The van der Waals surface area contributed by atoms with E-state index in [1.165, 1.54) is 42.0 Å². The number of anilines is 1. The number of fused-ring (bicyclic) bond motifs is 1. The van der Waals surface area contributed by atoms with Crippen LogP contribution in [-0.4, -0.2) is 40.4 Å². The number of halogens is 1. The second kappa shape index (κ2) is 9.02. The molecule has 2 fully saturated rings. The van der Waals surface area contributed by atoms with Gasteiger partial charge in [0.2, 0.25) is 5.95 Å². The zero-order chi connectivity index (χ0) is 22.2. The second-order valence-electron chi connectivity index (χ2n) is 8.59. The maximum atomic E-state index is 14.7. The summed E-state index contributed by atoms with van der Waals surface area (Å²) in [5.41, 5.74) is 0.685. The molecule has 1 aliphatic heterocycles. The highest BCUT2D eigenvalue weighted by Crippen LogP contribution is 2.43. The molecule has 32 heavy (non-hydrogen) atoms. The minimum Gasteiger partial charge on any atom is -0.462 e. The highest BCUT2D eigenvalue weighted by molar-refractivity contribution is 7.98. The summed E-state index contributed by atoms with van der Waals surface area (Å²) in [6.07, 6.45) is 4.60. The molecule has 0 amide bonds. The van der Waals surface area contributed by atoms with Gasteiger partial charge in [0.15, 0.2) is 5.16 Å². The van der Waals surface area contributed by atoms with Crippen molar-refractivity contribution in [2.45, 2.75) is 56.5 Å². The predicted octanol–water partition coefficient (Wildman–Crippen LogP) is 5.67. The molecule has 0 spiro atoms. The molecule has 2 aromatic heterocycles. The number of thioether (sulfide) groups is 1. The number of esters is 1. The number of benzene rings is 1. The average molecular weight is 475 g/mol. The maximum Gasteiger partial charge on any atom is 0.348 e. The molecular formula is C23H27FN4O2S2. The summed E-state index contributed by atoms with van der Waals surface area (Å²) in [6, 6.07) is 5.40. The van der Waals surface area contributed by atoms with E-state index < -0.39 is 5.97 Å². The van der Waals surface area contributed by atoms with Crippen LogP contribution >= 0.6 is 23.1 Å². The summed E-state index contributed by atoms with van der Waals surface area (Å²) in [6.45, 7) is 6.38. The third kappa shape index (κ3) is 4.12. The van der Waals surface area contributed by atoms with Gasteiger partial charge in [-0.15, -0.1) is 21.5 Å². The van der Waals surface area contributed by atoms with E-state index in [0.717, 1.165) is 47.7 Å². The van der Waals surface area contributed by atoms with E-state index in [4.69, 9.17) is 4.74 Å². The van der Waals surface area contributed by atoms with E-state index >= 15 is 0 Å². The van der Waals surface area contributed by atoms with Gasteiger partial charge in [0.1, 0.15) is 10.7 Å². The van der Waals surface area contributed by atoms with Gasteiger partial charge in [-0.1, -0.05) is 24.8 Å². The van der Waals surface area contributed by atoms with Crippen molar-refractivity contribution in [2.24, 2.45) is 5.92 Å². The van der Waals surface area contributed by atoms with Gasteiger partial charge in [-0.05, 0) is 56.2 Å². The minimum absolute atomic E-state index is 0.288. The molecule has 1 saturated carbocycles. The molecule has 1 aromatic carbocycles. The molecule has 0 radical (unpaired) electrons. The van der Waals surface area contributed by atoms with Gasteiger partial charge in [-0.3, -0.25) is 4.57 Å². The van der Waals surface area contributed by atoms with Crippen LogP contribution in [0.5, 0.6) is 0 Å². The molecule has 3 heterocycles. The second-order valence-corrected chi connectivity index (χ2v) is 10.6. The van der Waals surface area contributed by atoms with E-state index in [9.17, 15) is 9.18 Å². The van der Waals surface area contributed by atoms with Crippen molar-refractivity contribution < 1.29 is 13.9 Å². The first kappa shape index (κ1) is 21.7. The van der Waals surface area contributed by atoms with E-state index in [-0.39, 0.29) is 12.4 Å². The maximum absolute atomic E-state index is 14.7. The van der Waals surface area contributed by atoms with E-state index in [2.05, 4.69) is 26.6 Å². The number of ether oxygens (including phenoxy) is 1. The number of hydrogen-bond acceptors (Lipinski definition) is 7. The van der Waals surface area contributed by atoms with Crippen LogP contribution in [0.1, 0.15) is 60.8 Å². The number of hydrogen-bond donors (Lipinski definition) is 0. The Morgan fingerprint density at radius 1 is 1.25 bits per heavy atom. The Balaban J connectivity index is 1.45. The van der Waals surface area contributed by atoms with Gasteiger partial charge in [0.05, 0.1) is 6.61 Å². The fraction of sp³-hybridized carbons (Fsp3) is 0.522. The quantitative estimate of drug-likeness (QED) is 0.325. The first-order valence-electron chi connectivity index (χ1n) is 11.3. The van der Waals surface area contributed by atoms with Gasteiger partial charge < -0.3 is 9.64 Å². The van der Waals surface area contributed by atoms with Crippen molar-refractivity contribution in [3.8, 4) is 0 Å². The topological polar surface area (TPSA) is 60.2 Å². The summed E-state index contributed by atoms with van der Waals surface area (Å²) in [7, 11) is 0. The Morgan fingerprint density at radius 3 is 2.75 bits per heavy atom. The molecule has 0 unspecified atom stereocenters. The van der Waals surface area contributed by atoms with Crippen LogP contribution in [-0.2, 0) is 10.5 Å². The van der Waals surface area contributed by atoms with Crippen LogP contribution in [0.25, 0.3) is 10.1 Å². The van der Waals surface area contributed by atoms with Crippen molar-refractivity contribution in [1.82, 2.24) is 14.8 Å². The van der Waals surface area contributed by atoms with Crippen LogP contribution in [0, 0.1) is 11.7 Å². The number of rotatable bonds is 7. The zero-order valence-electron chi connectivity index (χ0n) is 18.3. The van der Waals surface area contributed by atoms with Crippen molar-refractivity contribution in [3.05, 3.63) is 34.5 Å². The zero-order valence-corrected chi connectivity index (χ0v) is 20.0. The fourth-order valence-electron chi connectivity index (χ4n) is 4.25. The van der Waals surface area contributed by atoms with Crippen LogP contribution in [0.4, 0.5) is 10.3 Å². The van der Waals surface area contributed by atoms with Gasteiger partial charge in [0, 0.05) is 35.0 Å². The monoisotopic (exact) mass is 474 g/mol. The van der Waals surface area contributed by atoms with Crippen LogP contribution in [0.3, 0.4) is 0 Å². The molecule has 3 aromatic rings. The third-order valence-corrected chi connectivity index (χ3v) is 8.34. The van der Waals surface area contributed by atoms with Crippen LogP contribution < -0.4 is 4.90 Å². The molecule has 0 atom stereocenters. The highest BCUT2D eigenvalue weighted by atomic mass is 32.2. The van der Waals surface area contributed by atoms with Crippen LogP contribution in [0.15, 0.2) is 23.4 Å². The number of carbonyl (C=O) groups is 1. The number of aromatic nitrogens is 3. The molecular weight excluding hydrogens is 447 g/mol. The van der Waals surface area contributed by atoms with Gasteiger partial charge >= 0.3 is 5.97 Å². The Kier molecular flexibility index (Phi) is 6.11. The number of piperidine rings is 1. The molecule has 0 N–H and O–H groups in total. The SMILES string of the molecule is CCOC(=O)c1sc2cccc(F)c2c1CSc1nnc(N2CCC(C)CC2)n1C1CC1. The van der Waals surface area contributed by atoms with Crippen molar-refractivity contribution in [3.63, 3.8) is 0 Å². The molecule has 2 aliphatic rings.